The Kier molecular flexibility index (Phi) is 3.30. The van der Waals surface area contributed by atoms with Gasteiger partial charge in [-0.15, -0.1) is 0 Å². The molecule has 7 heteroatoms. The number of nitrogens with zero attached hydrogens (tertiary/aromatic N) is 1. The molecule has 2 N–H and O–H groups in total. The minimum absolute atomic E-state index is 0.0146. The smallest absolute Gasteiger partial charge is 0.352 e. The number of carboxylic acid groups (broad SMARTS) is 1. The second kappa shape index (κ2) is 5.01. The molecule has 1 aliphatic rings. The zero-order valence-electron chi connectivity index (χ0n) is 11.1. The van der Waals surface area contributed by atoms with Crippen LogP contribution in [0.25, 0.3) is 0 Å². The Bertz CT molecular complexity index is 795. The normalized spacial score (nSPS) is 15.6. The van der Waals surface area contributed by atoms with Crippen molar-refractivity contribution in [1.29, 1.82) is 0 Å². The quantitative estimate of drug-likeness (QED) is 0.898. The lowest BCUT2D eigenvalue weighted by molar-refractivity contribution is 0.0691. The standard InChI is InChI=1S/C14H14N2O4S/c17-14(18)13-7-12(8-15-13)21(19,20)16-6-5-10-3-1-2-4-11(10)9-16/h1-4,7-8,15H,5-6,9H2,(H,17,18). The number of rotatable bonds is 3. The van der Waals surface area contributed by atoms with E-state index in [1.165, 1.54) is 10.5 Å². The van der Waals surface area contributed by atoms with E-state index >= 15 is 0 Å². The summed E-state index contributed by atoms with van der Waals surface area (Å²) >= 11 is 0. The first-order valence-corrected chi connectivity index (χ1v) is 7.91. The highest BCUT2D eigenvalue weighted by molar-refractivity contribution is 7.89. The minimum Gasteiger partial charge on any atom is -0.477 e. The maximum atomic E-state index is 12.5. The first-order valence-electron chi connectivity index (χ1n) is 6.47. The molecule has 0 radical (unpaired) electrons. The van der Waals surface area contributed by atoms with Crippen LogP contribution in [0, 0.1) is 0 Å². The Morgan fingerprint density at radius 2 is 1.95 bits per heavy atom. The van der Waals surface area contributed by atoms with Crippen molar-refractivity contribution < 1.29 is 18.3 Å². The van der Waals surface area contributed by atoms with E-state index < -0.39 is 16.0 Å². The molecular weight excluding hydrogens is 292 g/mol. The summed E-state index contributed by atoms with van der Waals surface area (Å²) < 4.78 is 26.5. The number of fused-ring (bicyclic) bond motifs is 1. The molecule has 1 aromatic carbocycles. The van der Waals surface area contributed by atoms with Crippen LogP contribution in [-0.2, 0) is 23.0 Å². The van der Waals surface area contributed by atoms with Gasteiger partial charge in [-0.3, -0.25) is 0 Å². The van der Waals surface area contributed by atoms with Crippen LogP contribution in [0.2, 0.25) is 0 Å². The monoisotopic (exact) mass is 306 g/mol. The van der Waals surface area contributed by atoms with E-state index in [-0.39, 0.29) is 10.6 Å². The molecule has 0 saturated carbocycles. The zero-order chi connectivity index (χ0) is 15.0. The van der Waals surface area contributed by atoms with Gasteiger partial charge in [-0.25, -0.2) is 13.2 Å². The van der Waals surface area contributed by atoms with Crippen molar-refractivity contribution in [2.45, 2.75) is 17.9 Å². The van der Waals surface area contributed by atoms with Crippen LogP contribution in [0.1, 0.15) is 21.6 Å². The average molecular weight is 306 g/mol. The van der Waals surface area contributed by atoms with Gasteiger partial charge in [0.15, 0.2) is 0 Å². The predicted molar refractivity (Wildman–Crippen MR) is 75.5 cm³/mol. The molecule has 0 bridgehead atoms. The van der Waals surface area contributed by atoms with Crippen LogP contribution in [0.5, 0.6) is 0 Å². The summed E-state index contributed by atoms with van der Waals surface area (Å²) in [7, 11) is -3.68. The second-order valence-corrected chi connectivity index (χ2v) is 6.85. The van der Waals surface area contributed by atoms with E-state index in [1.54, 1.807) is 0 Å². The number of aromatic amines is 1. The first kappa shape index (κ1) is 13.8. The highest BCUT2D eigenvalue weighted by atomic mass is 32.2. The van der Waals surface area contributed by atoms with Crippen LogP contribution in [0.3, 0.4) is 0 Å². The molecular formula is C14H14N2O4S. The highest BCUT2D eigenvalue weighted by Crippen LogP contribution is 2.25. The van der Waals surface area contributed by atoms with E-state index in [1.807, 2.05) is 24.3 Å². The van der Waals surface area contributed by atoms with Gasteiger partial charge in [-0.05, 0) is 23.6 Å². The predicted octanol–water partition coefficient (Wildman–Crippen LogP) is 1.46. The topological polar surface area (TPSA) is 90.5 Å². The molecule has 0 atom stereocenters. The maximum Gasteiger partial charge on any atom is 0.352 e. The van der Waals surface area contributed by atoms with Crippen LogP contribution in [0.15, 0.2) is 41.4 Å². The molecule has 0 amide bonds. The number of aromatic carboxylic acids is 1. The number of carbonyl (C=O) groups is 1. The maximum absolute atomic E-state index is 12.5. The number of H-pyrrole nitrogens is 1. The molecule has 0 aliphatic carbocycles. The molecule has 0 unspecified atom stereocenters. The van der Waals surface area contributed by atoms with Crippen molar-refractivity contribution in [3.05, 3.63) is 53.3 Å². The van der Waals surface area contributed by atoms with E-state index in [9.17, 15) is 13.2 Å². The molecule has 6 nitrogen and oxygen atoms in total. The highest BCUT2D eigenvalue weighted by Gasteiger charge is 2.29. The number of nitrogens with one attached hydrogen (secondary N) is 1. The Morgan fingerprint density at radius 3 is 2.62 bits per heavy atom. The number of hydrogen-bond donors (Lipinski definition) is 2. The molecule has 2 heterocycles. The molecule has 0 saturated heterocycles. The summed E-state index contributed by atoms with van der Waals surface area (Å²) in [5.74, 6) is -1.18. The van der Waals surface area contributed by atoms with Crippen molar-refractivity contribution in [2.24, 2.45) is 0 Å². The van der Waals surface area contributed by atoms with E-state index in [2.05, 4.69) is 4.98 Å². The Morgan fingerprint density at radius 1 is 1.24 bits per heavy atom. The lowest BCUT2D eigenvalue weighted by atomic mass is 10.0. The molecule has 3 rings (SSSR count). The fourth-order valence-corrected chi connectivity index (χ4v) is 3.88. The Labute approximate surface area is 122 Å². The van der Waals surface area contributed by atoms with Crippen molar-refractivity contribution in [1.82, 2.24) is 9.29 Å². The van der Waals surface area contributed by atoms with Crippen molar-refractivity contribution >= 4 is 16.0 Å². The molecule has 2 aromatic rings. The van der Waals surface area contributed by atoms with Gasteiger partial charge < -0.3 is 10.1 Å². The summed E-state index contributed by atoms with van der Waals surface area (Å²) in [4.78, 5) is 13.3. The van der Waals surface area contributed by atoms with Gasteiger partial charge in [0.1, 0.15) is 10.6 Å². The number of benzene rings is 1. The minimum atomic E-state index is -3.68. The molecule has 0 spiro atoms. The molecule has 0 fully saturated rings. The molecule has 1 aliphatic heterocycles. The van der Waals surface area contributed by atoms with Gasteiger partial charge in [-0.2, -0.15) is 4.31 Å². The van der Waals surface area contributed by atoms with Gasteiger partial charge in [0.25, 0.3) is 0 Å². The lowest BCUT2D eigenvalue weighted by Crippen LogP contribution is -2.35. The first-order chi connectivity index (χ1) is 9.98. The lowest BCUT2D eigenvalue weighted by Gasteiger charge is -2.27. The Hall–Kier alpha value is -2.12. The summed E-state index contributed by atoms with van der Waals surface area (Å²) in [6, 6.07) is 8.88. The van der Waals surface area contributed by atoms with Crippen LogP contribution < -0.4 is 0 Å². The zero-order valence-corrected chi connectivity index (χ0v) is 11.9. The van der Waals surface area contributed by atoms with Gasteiger partial charge in [0.05, 0.1) is 0 Å². The van der Waals surface area contributed by atoms with Gasteiger partial charge in [0.2, 0.25) is 10.0 Å². The summed E-state index contributed by atoms with van der Waals surface area (Å²) in [5.41, 5.74) is 2.01. The molecule has 21 heavy (non-hydrogen) atoms. The second-order valence-electron chi connectivity index (χ2n) is 4.91. The SMILES string of the molecule is O=C(O)c1cc(S(=O)(=O)N2CCc3ccccc3C2)c[nH]1. The number of hydrogen-bond acceptors (Lipinski definition) is 3. The van der Waals surface area contributed by atoms with E-state index in [0.717, 1.165) is 17.2 Å². The number of aromatic nitrogens is 1. The Balaban J connectivity index is 1.91. The van der Waals surface area contributed by atoms with Gasteiger partial charge >= 0.3 is 5.97 Å². The fraction of sp³-hybridized carbons (Fsp3) is 0.214. The molecule has 1 aromatic heterocycles. The third-order valence-electron chi connectivity index (χ3n) is 3.62. The summed E-state index contributed by atoms with van der Waals surface area (Å²) in [5, 5.41) is 8.86. The summed E-state index contributed by atoms with van der Waals surface area (Å²) in [6.45, 7) is 0.707. The summed E-state index contributed by atoms with van der Waals surface area (Å²) in [6.07, 6.45) is 1.88. The van der Waals surface area contributed by atoms with Gasteiger partial charge in [0, 0.05) is 19.3 Å². The van der Waals surface area contributed by atoms with Crippen LogP contribution in [-0.4, -0.2) is 35.3 Å². The van der Waals surface area contributed by atoms with E-state index in [4.69, 9.17) is 5.11 Å². The van der Waals surface area contributed by atoms with Crippen molar-refractivity contribution in [3.8, 4) is 0 Å². The molecule has 110 valence electrons. The van der Waals surface area contributed by atoms with Gasteiger partial charge in [-0.1, -0.05) is 24.3 Å². The number of carboxylic acids is 1. The van der Waals surface area contributed by atoms with Crippen LogP contribution in [0.4, 0.5) is 0 Å². The average Bonchev–Trinajstić information content (AvgIpc) is 2.97. The van der Waals surface area contributed by atoms with E-state index in [0.29, 0.717) is 19.5 Å². The largest absolute Gasteiger partial charge is 0.477 e. The van der Waals surface area contributed by atoms with Crippen molar-refractivity contribution in [2.75, 3.05) is 6.54 Å². The third-order valence-corrected chi connectivity index (χ3v) is 5.44. The number of sulfonamides is 1. The fourth-order valence-electron chi connectivity index (χ4n) is 2.47. The third kappa shape index (κ3) is 2.45. The van der Waals surface area contributed by atoms with Crippen LogP contribution >= 0.6 is 0 Å². The van der Waals surface area contributed by atoms with Crippen molar-refractivity contribution in [3.63, 3.8) is 0 Å².